The first kappa shape index (κ1) is 8.68. The lowest BCUT2D eigenvalue weighted by Crippen LogP contribution is -2.12. The zero-order chi connectivity index (χ0) is 10.3. The molecule has 72 valence electrons. The summed E-state index contributed by atoms with van der Waals surface area (Å²) in [6.45, 7) is 3.67. The number of aromatic nitrogens is 3. The molecule has 5 heteroatoms. The van der Waals surface area contributed by atoms with Crippen LogP contribution in [0.3, 0.4) is 0 Å². The third kappa shape index (κ3) is 1.14. The molecule has 0 unspecified atom stereocenters. The molecule has 5 nitrogen and oxygen atoms in total. The highest BCUT2D eigenvalue weighted by atomic mass is 16.1. The van der Waals surface area contributed by atoms with Crippen LogP contribution < -0.4 is 5.73 Å². The lowest BCUT2D eigenvalue weighted by atomic mass is 10.2. The Labute approximate surface area is 80.6 Å². The molecule has 0 radical (unpaired) electrons. The van der Waals surface area contributed by atoms with Gasteiger partial charge >= 0.3 is 0 Å². The van der Waals surface area contributed by atoms with Gasteiger partial charge < -0.3 is 5.73 Å². The summed E-state index contributed by atoms with van der Waals surface area (Å²) < 4.78 is 1.56. The predicted octanol–water partition coefficient (Wildman–Crippen LogP) is 0.445. The minimum Gasteiger partial charge on any atom is -0.364 e. The highest BCUT2D eigenvalue weighted by Crippen LogP contribution is 2.12. The molecule has 0 saturated heterocycles. The first-order valence-electron chi connectivity index (χ1n) is 4.22. The van der Waals surface area contributed by atoms with E-state index in [0.717, 1.165) is 11.3 Å². The largest absolute Gasteiger partial charge is 0.364 e. The van der Waals surface area contributed by atoms with Crippen molar-refractivity contribution in [2.75, 3.05) is 0 Å². The van der Waals surface area contributed by atoms with Gasteiger partial charge in [0.2, 0.25) is 0 Å². The van der Waals surface area contributed by atoms with Gasteiger partial charge in [0.1, 0.15) is 0 Å². The van der Waals surface area contributed by atoms with E-state index in [4.69, 9.17) is 5.73 Å². The van der Waals surface area contributed by atoms with Crippen LogP contribution in [0.15, 0.2) is 12.3 Å². The molecule has 0 aromatic carbocycles. The Morgan fingerprint density at radius 1 is 1.50 bits per heavy atom. The van der Waals surface area contributed by atoms with Crippen molar-refractivity contribution in [2.24, 2.45) is 5.73 Å². The Hall–Kier alpha value is -1.91. The lowest BCUT2D eigenvalue weighted by Gasteiger charge is -1.93. The van der Waals surface area contributed by atoms with Crippen molar-refractivity contribution in [3.63, 3.8) is 0 Å². The molecule has 2 aromatic heterocycles. The van der Waals surface area contributed by atoms with Gasteiger partial charge in [0.25, 0.3) is 5.91 Å². The third-order valence-corrected chi connectivity index (χ3v) is 2.09. The van der Waals surface area contributed by atoms with E-state index in [1.807, 2.05) is 13.0 Å². The number of aryl methyl sites for hydroxylation is 2. The molecule has 2 heterocycles. The van der Waals surface area contributed by atoms with Crippen LogP contribution in [-0.4, -0.2) is 20.5 Å². The first-order chi connectivity index (χ1) is 6.59. The zero-order valence-corrected chi connectivity index (χ0v) is 7.98. The average molecular weight is 190 g/mol. The molecule has 2 aromatic rings. The van der Waals surface area contributed by atoms with Gasteiger partial charge in [0.05, 0.1) is 0 Å². The summed E-state index contributed by atoms with van der Waals surface area (Å²) in [5.74, 6) is -0.523. The molecule has 0 bridgehead atoms. The van der Waals surface area contributed by atoms with Crippen molar-refractivity contribution in [1.29, 1.82) is 0 Å². The number of nitrogens with zero attached hydrogens (tertiary/aromatic N) is 3. The van der Waals surface area contributed by atoms with Crippen molar-refractivity contribution in [3.8, 4) is 0 Å². The molecular weight excluding hydrogens is 180 g/mol. The van der Waals surface area contributed by atoms with Crippen molar-refractivity contribution >= 4 is 11.6 Å². The summed E-state index contributed by atoms with van der Waals surface area (Å²) in [5.41, 5.74) is 7.74. The van der Waals surface area contributed by atoms with Crippen LogP contribution in [0.1, 0.15) is 21.7 Å². The van der Waals surface area contributed by atoms with Gasteiger partial charge in [-0.15, -0.1) is 0 Å². The Morgan fingerprint density at radius 3 is 2.86 bits per heavy atom. The normalized spacial score (nSPS) is 10.7. The van der Waals surface area contributed by atoms with Gasteiger partial charge in [-0.25, -0.2) is 9.50 Å². The number of carbonyl (C=O) groups is 1. The molecular formula is C9H10N4O. The van der Waals surface area contributed by atoms with Crippen molar-refractivity contribution in [2.45, 2.75) is 13.8 Å². The molecule has 0 aliphatic heterocycles. The summed E-state index contributed by atoms with van der Waals surface area (Å²) in [5, 5.41) is 4.03. The zero-order valence-electron chi connectivity index (χ0n) is 7.98. The Balaban J connectivity index is 2.80. The maximum absolute atomic E-state index is 11.0. The van der Waals surface area contributed by atoms with Crippen LogP contribution in [0.5, 0.6) is 0 Å². The van der Waals surface area contributed by atoms with E-state index in [-0.39, 0.29) is 5.69 Å². The number of hydrogen-bond acceptors (Lipinski definition) is 3. The van der Waals surface area contributed by atoms with E-state index >= 15 is 0 Å². The maximum Gasteiger partial charge on any atom is 0.269 e. The van der Waals surface area contributed by atoms with Crippen LogP contribution in [-0.2, 0) is 0 Å². The SMILES string of the molecule is Cc1ccn2nc(C(N)=O)c(C)c2n1. The van der Waals surface area contributed by atoms with Crippen LogP contribution in [0.2, 0.25) is 0 Å². The quantitative estimate of drug-likeness (QED) is 0.709. The minimum absolute atomic E-state index is 0.281. The van der Waals surface area contributed by atoms with Crippen LogP contribution >= 0.6 is 0 Å². The smallest absolute Gasteiger partial charge is 0.269 e. The third-order valence-electron chi connectivity index (χ3n) is 2.09. The van der Waals surface area contributed by atoms with Crippen LogP contribution in [0, 0.1) is 13.8 Å². The fraction of sp³-hybridized carbons (Fsp3) is 0.222. The molecule has 0 aliphatic carbocycles. The number of carbonyl (C=O) groups excluding carboxylic acids is 1. The molecule has 0 fully saturated rings. The summed E-state index contributed by atoms with van der Waals surface area (Å²) in [6.07, 6.45) is 1.76. The molecule has 1 amide bonds. The molecule has 2 N–H and O–H groups in total. The molecule has 0 spiro atoms. The fourth-order valence-electron chi connectivity index (χ4n) is 1.36. The standard InChI is InChI=1S/C9H10N4O/c1-5-3-4-13-9(11-5)6(2)7(12-13)8(10)14/h3-4H,1-2H3,(H2,10,14). The van der Waals surface area contributed by atoms with Gasteiger partial charge in [-0.2, -0.15) is 5.10 Å². The number of rotatable bonds is 1. The monoisotopic (exact) mass is 190 g/mol. The summed E-state index contributed by atoms with van der Waals surface area (Å²) in [6, 6.07) is 1.82. The first-order valence-corrected chi connectivity index (χ1v) is 4.22. The molecule has 0 atom stereocenters. The summed E-state index contributed by atoms with van der Waals surface area (Å²) >= 11 is 0. The highest BCUT2D eigenvalue weighted by molar-refractivity contribution is 5.93. The van der Waals surface area contributed by atoms with Crippen LogP contribution in [0.4, 0.5) is 0 Å². The van der Waals surface area contributed by atoms with E-state index in [1.165, 1.54) is 0 Å². The summed E-state index contributed by atoms with van der Waals surface area (Å²) in [7, 11) is 0. The average Bonchev–Trinajstić information content (AvgIpc) is 2.44. The van der Waals surface area contributed by atoms with E-state index in [2.05, 4.69) is 10.1 Å². The maximum atomic E-state index is 11.0. The number of nitrogens with two attached hydrogens (primary N) is 1. The topological polar surface area (TPSA) is 73.3 Å². The van der Waals surface area contributed by atoms with Gasteiger partial charge in [0.15, 0.2) is 11.3 Å². The van der Waals surface area contributed by atoms with Gasteiger partial charge in [-0.05, 0) is 19.9 Å². The molecule has 14 heavy (non-hydrogen) atoms. The number of primary amides is 1. The molecule has 0 aliphatic rings. The second-order valence-corrected chi connectivity index (χ2v) is 3.17. The van der Waals surface area contributed by atoms with E-state index < -0.39 is 5.91 Å². The number of hydrogen-bond donors (Lipinski definition) is 1. The van der Waals surface area contributed by atoms with E-state index in [9.17, 15) is 4.79 Å². The highest BCUT2D eigenvalue weighted by Gasteiger charge is 2.13. The summed E-state index contributed by atoms with van der Waals surface area (Å²) in [4.78, 5) is 15.3. The second kappa shape index (κ2) is 2.80. The molecule has 0 saturated carbocycles. The lowest BCUT2D eigenvalue weighted by molar-refractivity contribution is 0.0994. The van der Waals surface area contributed by atoms with Gasteiger partial charge in [0, 0.05) is 17.5 Å². The Bertz CT molecular complexity index is 515. The Kier molecular flexibility index (Phi) is 1.73. The van der Waals surface area contributed by atoms with E-state index in [0.29, 0.717) is 5.65 Å². The second-order valence-electron chi connectivity index (χ2n) is 3.17. The predicted molar refractivity (Wildman–Crippen MR) is 51.0 cm³/mol. The molecule has 2 rings (SSSR count). The minimum atomic E-state index is -0.523. The fourth-order valence-corrected chi connectivity index (χ4v) is 1.36. The number of fused-ring (bicyclic) bond motifs is 1. The van der Waals surface area contributed by atoms with E-state index in [1.54, 1.807) is 17.6 Å². The van der Waals surface area contributed by atoms with Crippen molar-refractivity contribution in [1.82, 2.24) is 14.6 Å². The van der Waals surface area contributed by atoms with Gasteiger partial charge in [-0.1, -0.05) is 0 Å². The Morgan fingerprint density at radius 2 is 2.21 bits per heavy atom. The van der Waals surface area contributed by atoms with Gasteiger partial charge in [-0.3, -0.25) is 4.79 Å². The number of amides is 1. The van der Waals surface area contributed by atoms with Crippen molar-refractivity contribution in [3.05, 3.63) is 29.2 Å². The van der Waals surface area contributed by atoms with Crippen LogP contribution in [0.25, 0.3) is 5.65 Å². The van der Waals surface area contributed by atoms with Crippen molar-refractivity contribution < 1.29 is 4.79 Å².